The first-order chi connectivity index (χ1) is 9.55. The van der Waals surface area contributed by atoms with Gasteiger partial charge in [0.15, 0.2) is 0 Å². The average Bonchev–Trinajstić information content (AvgIpc) is 2.47. The zero-order valence-electron chi connectivity index (χ0n) is 11.8. The molecule has 0 unspecified atom stereocenters. The molecule has 1 fully saturated rings. The van der Waals surface area contributed by atoms with Gasteiger partial charge >= 0.3 is 6.09 Å². The molecule has 20 heavy (non-hydrogen) atoms. The summed E-state index contributed by atoms with van der Waals surface area (Å²) in [5.41, 5.74) is 6.93. The van der Waals surface area contributed by atoms with Crippen LogP contribution in [0.3, 0.4) is 0 Å². The van der Waals surface area contributed by atoms with E-state index >= 15 is 0 Å². The number of rotatable bonds is 4. The summed E-state index contributed by atoms with van der Waals surface area (Å²) in [6.45, 7) is 0.419. The van der Waals surface area contributed by atoms with E-state index in [1.165, 1.54) is 0 Å². The van der Waals surface area contributed by atoms with Crippen molar-refractivity contribution >= 4 is 6.09 Å². The predicted molar refractivity (Wildman–Crippen MR) is 77.1 cm³/mol. The first kappa shape index (κ1) is 14.7. The van der Waals surface area contributed by atoms with Gasteiger partial charge in [-0.1, -0.05) is 12.1 Å². The Morgan fingerprint density at radius 3 is 2.80 bits per heavy atom. The first-order valence-corrected chi connectivity index (χ1v) is 6.93. The predicted octanol–water partition coefficient (Wildman–Crippen LogP) is 2.10. The quantitative estimate of drug-likeness (QED) is 0.787. The van der Waals surface area contributed by atoms with Crippen LogP contribution >= 0.6 is 0 Å². The Balaban J connectivity index is 2.27. The highest BCUT2D eigenvalue weighted by Gasteiger charge is 2.36. The molecular weight excluding hydrogens is 256 g/mol. The van der Waals surface area contributed by atoms with Crippen LogP contribution in [0.4, 0.5) is 4.79 Å². The maximum absolute atomic E-state index is 10.8. The maximum Gasteiger partial charge on any atom is 0.404 e. The zero-order chi connectivity index (χ0) is 14.6. The molecule has 0 aromatic heterocycles. The maximum atomic E-state index is 10.8. The Hall–Kier alpha value is -1.75. The molecule has 5 nitrogen and oxygen atoms in total. The van der Waals surface area contributed by atoms with Crippen LogP contribution in [0.2, 0.25) is 0 Å². The van der Waals surface area contributed by atoms with Crippen molar-refractivity contribution in [2.75, 3.05) is 13.7 Å². The summed E-state index contributed by atoms with van der Waals surface area (Å²) in [5.74, 6) is 0.798. The zero-order valence-corrected chi connectivity index (χ0v) is 11.8. The van der Waals surface area contributed by atoms with E-state index < -0.39 is 6.09 Å². The fraction of sp³-hybridized carbons (Fsp3) is 0.533. The van der Waals surface area contributed by atoms with Crippen LogP contribution < -0.4 is 15.8 Å². The second kappa shape index (κ2) is 6.13. The molecule has 0 saturated heterocycles. The molecule has 0 heterocycles. The fourth-order valence-electron chi connectivity index (χ4n) is 2.96. The van der Waals surface area contributed by atoms with E-state index in [1.807, 2.05) is 24.3 Å². The van der Waals surface area contributed by atoms with Gasteiger partial charge in [-0.2, -0.15) is 0 Å². The third-order valence-electron chi connectivity index (χ3n) is 4.25. The summed E-state index contributed by atoms with van der Waals surface area (Å²) in [6.07, 6.45) is 2.63. The van der Waals surface area contributed by atoms with E-state index in [0.717, 1.165) is 37.0 Å². The molecule has 0 radical (unpaired) electrons. The number of hydrogen-bond donors (Lipinski definition) is 3. The summed E-state index contributed by atoms with van der Waals surface area (Å²) < 4.78 is 5.28. The van der Waals surface area contributed by atoms with Gasteiger partial charge in [0.05, 0.1) is 7.11 Å². The highest BCUT2D eigenvalue weighted by molar-refractivity contribution is 5.64. The summed E-state index contributed by atoms with van der Waals surface area (Å²) in [6, 6.07) is 8.11. The summed E-state index contributed by atoms with van der Waals surface area (Å²) >= 11 is 0. The summed E-state index contributed by atoms with van der Waals surface area (Å²) in [5, 5.41) is 11.4. The van der Waals surface area contributed by atoms with Crippen LogP contribution in [0.25, 0.3) is 0 Å². The van der Waals surface area contributed by atoms with Crippen molar-refractivity contribution in [3.63, 3.8) is 0 Å². The lowest BCUT2D eigenvalue weighted by Crippen LogP contribution is -2.45. The Morgan fingerprint density at radius 2 is 2.20 bits per heavy atom. The van der Waals surface area contributed by atoms with E-state index in [9.17, 15) is 4.79 Å². The lowest BCUT2D eigenvalue weighted by atomic mass is 9.68. The third-order valence-corrected chi connectivity index (χ3v) is 4.25. The number of ether oxygens (including phenoxy) is 1. The number of methoxy groups -OCH3 is 1. The second-order valence-electron chi connectivity index (χ2n) is 5.51. The number of benzene rings is 1. The van der Waals surface area contributed by atoms with Crippen LogP contribution in [-0.4, -0.2) is 30.9 Å². The number of carboxylic acid groups (broad SMARTS) is 1. The number of nitrogens with two attached hydrogens (primary N) is 1. The van der Waals surface area contributed by atoms with Crippen molar-refractivity contribution in [1.82, 2.24) is 5.32 Å². The van der Waals surface area contributed by atoms with E-state index in [2.05, 4.69) is 5.32 Å². The molecule has 4 N–H and O–H groups in total. The van der Waals surface area contributed by atoms with Gasteiger partial charge in [-0.05, 0) is 43.4 Å². The highest BCUT2D eigenvalue weighted by Crippen LogP contribution is 2.39. The van der Waals surface area contributed by atoms with Crippen molar-refractivity contribution in [2.45, 2.75) is 37.1 Å². The molecule has 1 saturated carbocycles. The third kappa shape index (κ3) is 3.22. The monoisotopic (exact) mass is 278 g/mol. The minimum atomic E-state index is -0.984. The molecule has 0 aliphatic heterocycles. The lowest BCUT2D eigenvalue weighted by molar-refractivity contribution is 0.185. The molecule has 1 aromatic carbocycles. The Labute approximate surface area is 119 Å². The van der Waals surface area contributed by atoms with Gasteiger partial charge < -0.3 is 20.9 Å². The van der Waals surface area contributed by atoms with Crippen molar-refractivity contribution in [3.05, 3.63) is 29.8 Å². The molecular formula is C15H22N2O3. The molecule has 2 rings (SSSR count). The van der Waals surface area contributed by atoms with E-state index in [0.29, 0.717) is 6.54 Å². The lowest BCUT2D eigenvalue weighted by Gasteiger charge is -2.40. The van der Waals surface area contributed by atoms with Gasteiger partial charge in [0.2, 0.25) is 0 Å². The normalized spacial score (nSPS) is 26.0. The van der Waals surface area contributed by atoms with Crippen molar-refractivity contribution in [2.24, 2.45) is 5.73 Å². The molecule has 1 aliphatic rings. The number of hydrogen-bond acceptors (Lipinski definition) is 3. The van der Waals surface area contributed by atoms with Gasteiger partial charge in [-0.15, -0.1) is 0 Å². The molecule has 110 valence electrons. The fourth-order valence-corrected chi connectivity index (χ4v) is 2.96. The molecule has 0 atom stereocenters. The minimum absolute atomic E-state index is 0.178. The number of carbonyl (C=O) groups is 1. The molecule has 5 heteroatoms. The Morgan fingerprint density at radius 1 is 1.50 bits per heavy atom. The van der Waals surface area contributed by atoms with E-state index in [-0.39, 0.29) is 11.5 Å². The number of amides is 1. The summed E-state index contributed by atoms with van der Waals surface area (Å²) in [4.78, 5) is 10.8. The second-order valence-corrected chi connectivity index (χ2v) is 5.51. The van der Waals surface area contributed by atoms with Crippen LogP contribution in [0.5, 0.6) is 5.75 Å². The van der Waals surface area contributed by atoms with Gasteiger partial charge in [0.1, 0.15) is 5.75 Å². The largest absolute Gasteiger partial charge is 0.497 e. The molecule has 0 spiro atoms. The first-order valence-electron chi connectivity index (χ1n) is 6.93. The SMILES string of the molecule is COc1cccc([C@]2(CNC(=O)O)CC[C@@H](N)CC2)c1. The molecule has 1 aromatic rings. The van der Waals surface area contributed by atoms with Crippen LogP contribution in [0.15, 0.2) is 24.3 Å². The standard InChI is InChI=1S/C15H22N2O3/c1-20-13-4-2-3-11(9-13)15(10-17-14(18)19)7-5-12(16)6-8-15/h2-4,9,12,17H,5-8,10,16H2,1H3,(H,18,19)/t12-,15-. The smallest absolute Gasteiger partial charge is 0.404 e. The summed E-state index contributed by atoms with van der Waals surface area (Å²) in [7, 11) is 1.64. The molecule has 1 aliphatic carbocycles. The van der Waals surface area contributed by atoms with Crippen LogP contribution in [0.1, 0.15) is 31.2 Å². The van der Waals surface area contributed by atoms with Crippen molar-refractivity contribution in [3.8, 4) is 5.75 Å². The number of nitrogens with one attached hydrogen (secondary N) is 1. The van der Waals surface area contributed by atoms with Crippen molar-refractivity contribution in [1.29, 1.82) is 0 Å². The Bertz CT molecular complexity index is 468. The van der Waals surface area contributed by atoms with Gasteiger partial charge in [0, 0.05) is 18.0 Å². The van der Waals surface area contributed by atoms with Gasteiger partial charge in [-0.25, -0.2) is 4.79 Å². The van der Waals surface area contributed by atoms with E-state index in [1.54, 1.807) is 7.11 Å². The van der Waals surface area contributed by atoms with Crippen molar-refractivity contribution < 1.29 is 14.6 Å². The highest BCUT2D eigenvalue weighted by atomic mass is 16.5. The Kier molecular flexibility index (Phi) is 4.49. The van der Waals surface area contributed by atoms with Crippen LogP contribution in [-0.2, 0) is 5.41 Å². The average molecular weight is 278 g/mol. The topological polar surface area (TPSA) is 84.6 Å². The minimum Gasteiger partial charge on any atom is -0.497 e. The van der Waals surface area contributed by atoms with Crippen LogP contribution in [0, 0.1) is 0 Å². The molecule has 1 amide bonds. The van der Waals surface area contributed by atoms with Gasteiger partial charge in [-0.3, -0.25) is 0 Å². The molecule has 0 bridgehead atoms. The van der Waals surface area contributed by atoms with E-state index in [4.69, 9.17) is 15.6 Å². The van der Waals surface area contributed by atoms with Gasteiger partial charge in [0.25, 0.3) is 0 Å².